The maximum absolute atomic E-state index is 4.40. The predicted molar refractivity (Wildman–Crippen MR) is 77.1 cm³/mol. The molecule has 0 aliphatic carbocycles. The lowest BCUT2D eigenvalue weighted by atomic mass is 10.2. The number of rotatable bonds is 5. The van der Waals surface area contributed by atoms with Crippen molar-refractivity contribution < 1.29 is 0 Å². The van der Waals surface area contributed by atoms with Gasteiger partial charge in [-0.1, -0.05) is 0 Å². The van der Waals surface area contributed by atoms with Gasteiger partial charge in [0.25, 0.3) is 0 Å². The molecule has 0 saturated carbocycles. The highest BCUT2D eigenvalue weighted by Crippen LogP contribution is 2.14. The molecule has 2 aromatic heterocycles. The summed E-state index contributed by atoms with van der Waals surface area (Å²) in [5, 5.41) is 7.86. The van der Waals surface area contributed by atoms with Crippen LogP contribution in [0.2, 0.25) is 0 Å². The quantitative estimate of drug-likeness (QED) is 0.898. The first-order valence-electron chi connectivity index (χ1n) is 6.00. The molecule has 0 aromatic carbocycles. The molecule has 2 heterocycles. The van der Waals surface area contributed by atoms with Crippen LogP contribution in [0.25, 0.3) is 0 Å². The van der Waals surface area contributed by atoms with Crippen LogP contribution in [-0.2, 0) is 20.1 Å². The van der Waals surface area contributed by atoms with E-state index < -0.39 is 0 Å². The van der Waals surface area contributed by atoms with Crippen molar-refractivity contribution in [2.24, 2.45) is 7.05 Å². The number of aryl methyl sites for hydroxylation is 1. The third kappa shape index (κ3) is 2.73. The summed E-state index contributed by atoms with van der Waals surface area (Å²) in [6.07, 6.45) is 1.93. The maximum Gasteiger partial charge on any atom is 0.204 e. The number of hydrogen-bond donors (Lipinski definition) is 1. The highest BCUT2D eigenvalue weighted by Gasteiger charge is 2.07. The summed E-state index contributed by atoms with van der Waals surface area (Å²) in [7, 11) is 6.07. The Labute approximate surface area is 112 Å². The Morgan fingerprint density at radius 3 is 2.67 bits per heavy atom. The molecular formula is C13H20N4S. The second-order valence-electron chi connectivity index (χ2n) is 4.69. The molecule has 4 nitrogen and oxygen atoms in total. The van der Waals surface area contributed by atoms with E-state index in [4.69, 9.17) is 0 Å². The third-order valence-electron chi connectivity index (χ3n) is 3.04. The molecule has 5 heteroatoms. The Morgan fingerprint density at radius 1 is 1.33 bits per heavy atom. The molecule has 0 saturated heterocycles. The van der Waals surface area contributed by atoms with E-state index in [2.05, 4.69) is 39.6 Å². The fourth-order valence-corrected chi connectivity index (χ4v) is 2.76. The van der Waals surface area contributed by atoms with Crippen LogP contribution in [0.4, 0.5) is 5.95 Å². The predicted octanol–water partition coefficient (Wildman–Crippen LogP) is 2.15. The Hall–Kier alpha value is -1.33. The van der Waals surface area contributed by atoms with E-state index >= 15 is 0 Å². The number of aromatic nitrogens is 2. The highest BCUT2D eigenvalue weighted by atomic mass is 32.1. The zero-order chi connectivity index (χ0) is 13.1. The summed E-state index contributed by atoms with van der Waals surface area (Å²) in [6.45, 7) is 3.91. The first-order chi connectivity index (χ1) is 8.59. The van der Waals surface area contributed by atoms with E-state index in [1.165, 1.54) is 16.8 Å². The average molecular weight is 264 g/mol. The van der Waals surface area contributed by atoms with Crippen molar-refractivity contribution in [3.63, 3.8) is 0 Å². The van der Waals surface area contributed by atoms with Gasteiger partial charge in [-0.05, 0) is 28.8 Å². The zero-order valence-corrected chi connectivity index (χ0v) is 12.2. The summed E-state index contributed by atoms with van der Waals surface area (Å²) in [6, 6.07) is 0. The van der Waals surface area contributed by atoms with Gasteiger partial charge in [-0.25, -0.2) is 4.98 Å². The number of thiophene rings is 1. The SMILES string of the molecule is Cc1cscc1CNCc1cnc(N(C)C)n1C. The second kappa shape index (κ2) is 5.54. The Bertz CT molecular complexity index is 513. The van der Waals surface area contributed by atoms with Crippen LogP contribution >= 0.6 is 11.3 Å². The van der Waals surface area contributed by atoms with Crippen LogP contribution in [0.5, 0.6) is 0 Å². The van der Waals surface area contributed by atoms with Gasteiger partial charge in [0.15, 0.2) is 0 Å². The van der Waals surface area contributed by atoms with E-state index in [1.54, 1.807) is 11.3 Å². The summed E-state index contributed by atoms with van der Waals surface area (Å²) < 4.78 is 2.12. The van der Waals surface area contributed by atoms with Crippen molar-refractivity contribution in [2.75, 3.05) is 19.0 Å². The van der Waals surface area contributed by atoms with E-state index in [0.717, 1.165) is 19.0 Å². The summed E-state index contributed by atoms with van der Waals surface area (Å²) in [5.41, 5.74) is 3.95. The molecular weight excluding hydrogens is 244 g/mol. The standard InChI is InChI=1S/C13H20N4S/c1-10-8-18-9-11(10)5-14-6-12-7-15-13(16(2)3)17(12)4/h7-9,14H,5-6H2,1-4H3. The number of imidazole rings is 1. The molecule has 0 radical (unpaired) electrons. The molecule has 0 bridgehead atoms. The van der Waals surface area contributed by atoms with Crippen LogP contribution in [-0.4, -0.2) is 23.6 Å². The van der Waals surface area contributed by atoms with E-state index in [1.807, 2.05) is 25.2 Å². The number of hydrogen-bond acceptors (Lipinski definition) is 4. The van der Waals surface area contributed by atoms with Crippen molar-refractivity contribution >= 4 is 17.3 Å². The number of anilines is 1. The summed E-state index contributed by atoms with van der Waals surface area (Å²) in [5.74, 6) is 0.985. The maximum atomic E-state index is 4.40. The van der Waals surface area contributed by atoms with Crippen molar-refractivity contribution in [3.8, 4) is 0 Å². The fraction of sp³-hybridized carbons (Fsp3) is 0.462. The zero-order valence-electron chi connectivity index (χ0n) is 11.4. The summed E-state index contributed by atoms with van der Waals surface area (Å²) >= 11 is 1.76. The lowest BCUT2D eigenvalue weighted by Crippen LogP contribution is -2.18. The van der Waals surface area contributed by atoms with Gasteiger partial charge in [-0.3, -0.25) is 0 Å². The van der Waals surface area contributed by atoms with Gasteiger partial charge in [0.05, 0.1) is 11.9 Å². The van der Waals surface area contributed by atoms with Gasteiger partial charge < -0.3 is 14.8 Å². The minimum atomic E-state index is 0.840. The first kappa shape index (κ1) is 13.1. The van der Waals surface area contributed by atoms with Gasteiger partial charge in [-0.15, -0.1) is 0 Å². The molecule has 98 valence electrons. The van der Waals surface area contributed by atoms with Crippen LogP contribution in [0, 0.1) is 6.92 Å². The third-order valence-corrected chi connectivity index (χ3v) is 3.95. The molecule has 0 amide bonds. The van der Waals surface area contributed by atoms with Crippen LogP contribution in [0.3, 0.4) is 0 Å². The molecule has 18 heavy (non-hydrogen) atoms. The van der Waals surface area contributed by atoms with Crippen molar-refractivity contribution in [3.05, 3.63) is 33.8 Å². The molecule has 0 spiro atoms. The molecule has 2 rings (SSSR count). The highest BCUT2D eigenvalue weighted by molar-refractivity contribution is 7.08. The smallest absolute Gasteiger partial charge is 0.204 e. The fourth-order valence-electron chi connectivity index (χ4n) is 1.91. The lowest BCUT2D eigenvalue weighted by Gasteiger charge is -2.12. The molecule has 0 aliphatic heterocycles. The monoisotopic (exact) mass is 264 g/mol. The largest absolute Gasteiger partial charge is 0.348 e. The normalized spacial score (nSPS) is 10.9. The molecule has 0 unspecified atom stereocenters. The van der Waals surface area contributed by atoms with Crippen LogP contribution in [0.15, 0.2) is 17.0 Å². The van der Waals surface area contributed by atoms with Gasteiger partial charge in [0.1, 0.15) is 0 Å². The van der Waals surface area contributed by atoms with E-state index in [0.29, 0.717) is 0 Å². The Morgan fingerprint density at radius 2 is 2.11 bits per heavy atom. The van der Waals surface area contributed by atoms with E-state index in [-0.39, 0.29) is 0 Å². The number of nitrogens with zero attached hydrogens (tertiary/aromatic N) is 3. The first-order valence-corrected chi connectivity index (χ1v) is 6.94. The summed E-state index contributed by atoms with van der Waals surface area (Å²) in [4.78, 5) is 6.42. The molecule has 0 aliphatic rings. The lowest BCUT2D eigenvalue weighted by molar-refractivity contribution is 0.653. The topological polar surface area (TPSA) is 33.1 Å². The Balaban J connectivity index is 1.93. The molecule has 1 N–H and O–H groups in total. The molecule has 0 atom stereocenters. The van der Waals surface area contributed by atoms with Crippen molar-refractivity contribution in [1.29, 1.82) is 0 Å². The van der Waals surface area contributed by atoms with E-state index in [9.17, 15) is 0 Å². The van der Waals surface area contributed by atoms with Gasteiger partial charge >= 0.3 is 0 Å². The van der Waals surface area contributed by atoms with Gasteiger partial charge in [0, 0.05) is 34.2 Å². The van der Waals surface area contributed by atoms with Gasteiger partial charge in [0.2, 0.25) is 5.95 Å². The van der Waals surface area contributed by atoms with Gasteiger partial charge in [-0.2, -0.15) is 11.3 Å². The minimum absolute atomic E-state index is 0.840. The number of nitrogens with one attached hydrogen (secondary N) is 1. The minimum Gasteiger partial charge on any atom is -0.348 e. The molecule has 0 fully saturated rings. The van der Waals surface area contributed by atoms with Crippen LogP contribution in [0.1, 0.15) is 16.8 Å². The van der Waals surface area contributed by atoms with Crippen molar-refractivity contribution in [1.82, 2.24) is 14.9 Å². The Kier molecular flexibility index (Phi) is 4.04. The van der Waals surface area contributed by atoms with Crippen LogP contribution < -0.4 is 10.2 Å². The molecule has 2 aromatic rings. The average Bonchev–Trinajstić information content (AvgIpc) is 2.87. The van der Waals surface area contributed by atoms with Crippen molar-refractivity contribution in [2.45, 2.75) is 20.0 Å². The second-order valence-corrected chi connectivity index (χ2v) is 5.43.